The third-order valence-corrected chi connectivity index (χ3v) is 3.75. The van der Waals surface area contributed by atoms with Gasteiger partial charge in [-0.3, -0.25) is 9.59 Å². The quantitative estimate of drug-likeness (QED) is 0.279. The van der Waals surface area contributed by atoms with E-state index in [-0.39, 0.29) is 24.8 Å². The van der Waals surface area contributed by atoms with Crippen molar-refractivity contribution in [1.29, 1.82) is 0 Å². The van der Waals surface area contributed by atoms with Gasteiger partial charge in [-0.2, -0.15) is 0 Å². The van der Waals surface area contributed by atoms with Gasteiger partial charge in [0.1, 0.15) is 6.61 Å². The van der Waals surface area contributed by atoms with Crippen molar-refractivity contribution in [3.8, 4) is 0 Å². The van der Waals surface area contributed by atoms with Crippen LogP contribution in [0.4, 0.5) is 0 Å². The van der Waals surface area contributed by atoms with Gasteiger partial charge in [0.15, 0.2) is 0 Å². The van der Waals surface area contributed by atoms with Gasteiger partial charge in [0, 0.05) is 13.3 Å². The van der Waals surface area contributed by atoms with E-state index in [1.165, 1.54) is 29.2 Å². The van der Waals surface area contributed by atoms with Crippen LogP contribution in [-0.4, -0.2) is 23.7 Å². The summed E-state index contributed by atoms with van der Waals surface area (Å²) in [5.74, 6) is -0.948. The van der Waals surface area contributed by atoms with E-state index in [1.54, 1.807) is 0 Å². The molecule has 29 heavy (non-hydrogen) atoms. The van der Waals surface area contributed by atoms with Crippen molar-refractivity contribution < 1.29 is 19.4 Å². The van der Waals surface area contributed by atoms with Crippen LogP contribution >= 0.6 is 12.4 Å². The first-order chi connectivity index (χ1) is 13.0. The van der Waals surface area contributed by atoms with Gasteiger partial charge in [0.2, 0.25) is 0 Å². The lowest BCUT2D eigenvalue weighted by Gasteiger charge is -2.00. The van der Waals surface area contributed by atoms with Crippen molar-refractivity contribution in [3.05, 3.63) is 46.6 Å². The monoisotopic (exact) mass is 428 g/mol. The molecule has 0 aromatic rings. The second kappa shape index (κ2) is 20.9. The van der Waals surface area contributed by atoms with Crippen LogP contribution in [0.5, 0.6) is 0 Å². The summed E-state index contributed by atoms with van der Waals surface area (Å²) in [4.78, 5) is 20.7. The van der Waals surface area contributed by atoms with Gasteiger partial charge < -0.3 is 9.84 Å². The van der Waals surface area contributed by atoms with Crippen LogP contribution in [0.1, 0.15) is 87.0 Å². The van der Waals surface area contributed by atoms with Gasteiger partial charge in [-0.15, -0.1) is 12.4 Å². The molecule has 4 nitrogen and oxygen atoms in total. The Balaban J connectivity index is -0.000000451. The predicted octanol–water partition coefficient (Wildman–Crippen LogP) is 7.21. The first kappa shape index (κ1) is 31.9. The van der Waals surface area contributed by atoms with Crippen molar-refractivity contribution in [2.45, 2.75) is 87.0 Å². The summed E-state index contributed by atoms with van der Waals surface area (Å²) in [5, 5.41) is 8.44. The largest absolute Gasteiger partial charge is 0.481 e. The Labute approximate surface area is 184 Å². The van der Waals surface area contributed by atoms with Crippen LogP contribution in [0.2, 0.25) is 0 Å². The lowest BCUT2D eigenvalue weighted by molar-refractivity contribution is -0.140. The SMILES string of the molecule is CC(=O)OC/C=C(/C)CCC=C(C)C.CC(C)=CCC/C(C)=C\CCC(=O)O.Cl. The number of carbonyl (C=O) groups is 2. The third kappa shape index (κ3) is 31.1. The average Bonchev–Trinajstić information content (AvgIpc) is 2.54. The molecule has 0 aliphatic heterocycles. The zero-order chi connectivity index (χ0) is 21.9. The fraction of sp³-hybridized carbons (Fsp3) is 0.583. The molecule has 5 heteroatoms. The van der Waals surface area contributed by atoms with E-state index in [4.69, 9.17) is 9.84 Å². The normalized spacial score (nSPS) is 10.7. The molecule has 0 heterocycles. The van der Waals surface area contributed by atoms with Gasteiger partial charge in [0.05, 0.1) is 0 Å². The van der Waals surface area contributed by atoms with Crippen LogP contribution in [-0.2, 0) is 14.3 Å². The number of hydrogen-bond donors (Lipinski definition) is 1. The van der Waals surface area contributed by atoms with Gasteiger partial charge in [0.25, 0.3) is 0 Å². The Morgan fingerprint density at radius 2 is 1.10 bits per heavy atom. The first-order valence-electron chi connectivity index (χ1n) is 9.97. The summed E-state index contributed by atoms with van der Waals surface area (Å²) in [6.45, 7) is 14.3. The molecule has 0 fully saturated rings. The van der Waals surface area contributed by atoms with Gasteiger partial charge in [-0.1, -0.05) is 40.5 Å². The molecule has 0 aromatic heterocycles. The van der Waals surface area contributed by atoms with E-state index in [1.807, 2.05) is 12.2 Å². The molecule has 0 spiro atoms. The topological polar surface area (TPSA) is 63.6 Å². The molecule has 0 aromatic carbocycles. The molecule has 0 saturated carbocycles. The van der Waals surface area contributed by atoms with Crippen molar-refractivity contribution in [2.24, 2.45) is 0 Å². The van der Waals surface area contributed by atoms with Gasteiger partial charge >= 0.3 is 11.9 Å². The highest BCUT2D eigenvalue weighted by Gasteiger charge is 1.94. The summed E-state index contributed by atoms with van der Waals surface area (Å²) in [7, 11) is 0. The highest BCUT2D eigenvalue weighted by molar-refractivity contribution is 5.85. The maximum absolute atomic E-state index is 10.5. The molecule has 0 bridgehead atoms. The van der Waals surface area contributed by atoms with Crippen molar-refractivity contribution in [3.63, 3.8) is 0 Å². The third-order valence-electron chi connectivity index (χ3n) is 3.75. The maximum atomic E-state index is 10.5. The molecule has 0 aliphatic carbocycles. The highest BCUT2D eigenvalue weighted by Crippen LogP contribution is 2.08. The maximum Gasteiger partial charge on any atom is 0.303 e. The lowest BCUT2D eigenvalue weighted by atomic mass is 10.1. The van der Waals surface area contributed by atoms with Crippen LogP contribution < -0.4 is 0 Å². The van der Waals surface area contributed by atoms with Crippen LogP contribution in [0.3, 0.4) is 0 Å². The molecule has 0 rings (SSSR count). The Morgan fingerprint density at radius 1 is 0.690 bits per heavy atom. The Kier molecular flexibility index (Phi) is 23.0. The summed E-state index contributed by atoms with van der Waals surface area (Å²) in [6, 6.07) is 0. The summed E-state index contributed by atoms with van der Waals surface area (Å²) >= 11 is 0. The molecule has 0 unspecified atom stereocenters. The molecule has 0 aliphatic rings. The number of allylic oxidation sites excluding steroid dienone is 7. The van der Waals surface area contributed by atoms with Gasteiger partial charge in [-0.05, 0) is 79.7 Å². The molecule has 0 atom stereocenters. The zero-order valence-electron chi connectivity index (χ0n) is 19.3. The number of halogens is 1. The Bertz CT molecular complexity index is 524. The standard InChI is InChI=1S/2C12H20O2.ClH/c1-10(2)6-5-7-11(3)8-9-14-12(4)13;1-10(2)6-4-7-11(3)8-5-9-12(13)14;/h6,8H,5,7,9H2,1-4H3;6,8H,4-5,7,9H2,1-3H3,(H,13,14);1H/b2*11-8-;. The van der Waals surface area contributed by atoms with Crippen molar-refractivity contribution in [1.82, 2.24) is 0 Å². The number of hydrogen-bond acceptors (Lipinski definition) is 3. The summed E-state index contributed by atoms with van der Waals surface area (Å²) in [5.41, 5.74) is 5.23. The summed E-state index contributed by atoms with van der Waals surface area (Å²) < 4.78 is 4.81. The van der Waals surface area contributed by atoms with E-state index in [0.29, 0.717) is 13.0 Å². The van der Waals surface area contributed by atoms with Crippen LogP contribution in [0.15, 0.2) is 46.6 Å². The van der Waals surface area contributed by atoms with Crippen LogP contribution in [0.25, 0.3) is 0 Å². The number of rotatable bonds is 11. The van der Waals surface area contributed by atoms with E-state index in [2.05, 4.69) is 53.7 Å². The van der Waals surface area contributed by atoms with Crippen molar-refractivity contribution >= 4 is 24.3 Å². The number of aliphatic carboxylic acids is 1. The number of ether oxygens (including phenoxy) is 1. The Hall–Kier alpha value is -1.81. The number of carboxylic acid groups (broad SMARTS) is 1. The smallest absolute Gasteiger partial charge is 0.303 e. The predicted molar refractivity (Wildman–Crippen MR) is 126 cm³/mol. The number of carbonyl (C=O) groups excluding carboxylic acids is 1. The van der Waals surface area contributed by atoms with Crippen LogP contribution in [0, 0.1) is 0 Å². The first-order valence-corrected chi connectivity index (χ1v) is 9.97. The minimum absolute atomic E-state index is 0. The molecular formula is C24H41ClO4. The fourth-order valence-corrected chi connectivity index (χ4v) is 2.12. The van der Waals surface area contributed by atoms with E-state index in [0.717, 1.165) is 25.7 Å². The van der Waals surface area contributed by atoms with Gasteiger partial charge in [-0.25, -0.2) is 0 Å². The number of carboxylic acids is 1. The fourth-order valence-electron chi connectivity index (χ4n) is 2.12. The Morgan fingerprint density at radius 3 is 1.48 bits per heavy atom. The lowest BCUT2D eigenvalue weighted by Crippen LogP contribution is -1.98. The van der Waals surface area contributed by atoms with E-state index in [9.17, 15) is 9.59 Å². The summed E-state index contributed by atoms with van der Waals surface area (Å²) in [6.07, 6.45) is 13.5. The second-order valence-corrected chi connectivity index (χ2v) is 7.48. The highest BCUT2D eigenvalue weighted by atomic mass is 35.5. The molecule has 168 valence electrons. The number of esters is 1. The van der Waals surface area contributed by atoms with E-state index < -0.39 is 5.97 Å². The average molecular weight is 429 g/mol. The minimum Gasteiger partial charge on any atom is -0.481 e. The van der Waals surface area contributed by atoms with E-state index >= 15 is 0 Å². The molecule has 1 N–H and O–H groups in total. The van der Waals surface area contributed by atoms with Crippen molar-refractivity contribution in [2.75, 3.05) is 6.61 Å². The minimum atomic E-state index is -0.724. The molecular weight excluding hydrogens is 388 g/mol. The molecule has 0 amide bonds. The zero-order valence-corrected chi connectivity index (χ0v) is 20.2. The molecule has 0 saturated heterocycles. The second-order valence-electron chi connectivity index (χ2n) is 7.48. The molecule has 0 radical (unpaired) electrons.